The van der Waals surface area contributed by atoms with Crippen molar-refractivity contribution in [3.8, 4) is 23.5 Å². The van der Waals surface area contributed by atoms with Crippen molar-refractivity contribution < 1.29 is 17.2 Å². The Morgan fingerprint density at radius 3 is 2.62 bits per heavy atom. The molecule has 3 heterocycles. The Balaban J connectivity index is 1.42. The van der Waals surface area contributed by atoms with E-state index in [2.05, 4.69) is 51.0 Å². The van der Waals surface area contributed by atoms with Crippen molar-refractivity contribution >= 4 is 15.5 Å². The van der Waals surface area contributed by atoms with Crippen LogP contribution in [0.4, 0.5) is 8.78 Å². The van der Waals surface area contributed by atoms with Gasteiger partial charge in [0, 0.05) is 18.4 Å². The molecule has 1 saturated carbocycles. The van der Waals surface area contributed by atoms with E-state index in [1.807, 2.05) is 6.07 Å². The van der Waals surface area contributed by atoms with Crippen molar-refractivity contribution in [2.24, 2.45) is 27.5 Å². The zero-order valence-electron chi connectivity index (χ0n) is 22.2. The van der Waals surface area contributed by atoms with Crippen LogP contribution in [0, 0.1) is 40.7 Å². The number of benzene rings is 1. The molecule has 1 aromatic carbocycles. The van der Waals surface area contributed by atoms with E-state index in [0.717, 1.165) is 18.5 Å². The Morgan fingerprint density at radius 1 is 1.10 bits per heavy atom. The van der Waals surface area contributed by atoms with E-state index in [9.17, 15) is 17.2 Å². The molecule has 0 spiro atoms. The molecule has 0 radical (unpaired) electrons. The van der Waals surface area contributed by atoms with Crippen LogP contribution in [0.1, 0.15) is 37.9 Å². The zero-order valence-corrected chi connectivity index (χ0v) is 23.0. The monoisotopic (exact) mass is 563 g/mol. The molecule has 0 saturated heterocycles. The Hall–Kier alpha value is -3.85. The molecule has 1 fully saturated rings. The molecule has 9 nitrogen and oxygen atoms in total. The van der Waals surface area contributed by atoms with Crippen LogP contribution in [0.15, 0.2) is 53.1 Å². The number of nitrogens with zero attached hydrogens (tertiary/aromatic N) is 7. The number of rotatable bonds is 6. The number of allylic oxidation sites excluding steroid dienone is 1. The number of aryl methyl sites for hydroxylation is 1. The lowest BCUT2D eigenvalue weighted by Gasteiger charge is -2.45. The maximum absolute atomic E-state index is 14.7. The van der Waals surface area contributed by atoms with Crippen molar-refractivity contribution in [3.63, 3.8) is 0 Å². The minimum absolute atomic E-state index is 0.0603. The predicted molar refractivity (Wildman–Crippen MR) is 143 cm³/mol. The summed E-state index contributed by atoms with van der Waals surface area (Å²) in [4.78, 5) is 13.6. The number of halogens is 2. The lowest BCUT2D eigenvalue weighted by Crippen LogP contribution is -2.48. The molecule has 2 unspecified atom stereocenters. The summed E-state index contributed by atoms with van der Waals surface area (Å²) in [6.45, 7) is 4.50. The second-order valence-corrected chi connectivity index (χ2v) is 13.4. The van der Waals surface area contributed by atoms with Gasteiger partial charge in [0.15, 0.2) is 5.82 Å². The third-order valence-corrected chi connectivity index (χ3v) is 9.52. The highest BCUT2D eigenvalue weighted by molar-refractivity contribution is 7.90. The molecule has 3 aromatic rings. The maximum Gasteiger partial charge on any atom is 0.218 e. The molecule has 3 aliphatic rings. The Labute approximate surface area is 230 Å². The van der Waals surface area contributed by atoms with Crippen molar-refractivity contribution in [1.29, 1.82) is 0 Å². The van der Waals surface area contributed by atoms with Crippen LogP contribution in [-0.4, -0.2) is 51.2 Å². The molecule has 0 amide bonds. The van der Waals surface area contributed by atoms with Gasteiger partial charge in [-0.1, -0.05) is 31.8 Å². The largest absolute Gasteiger partial charge is 0.251 e. The standard InChI is InChI=1S/C28H27F2N7O2S/c1-27(2)18-9-11-28(27,22-10-12-31-25(33-22)26-32-16-37(36-26)13-14-40(3,38)39)23-8-7-17(18)15-21(34-35-23)24-19(29)5-4-6-20(24)30/h4-6,10,12,15-18,23H,9,11,13-14H2,1-3H3/b21-15-,35-34?/t17?,18-,23?,28-/m0/s1. The number of hydrogen-bond acceptors (Lipinski definition) is 8. The molecule has 4 atom stereocenters. The van der Waals surface area contributed by atoms with Crippen LogP contribution in [0.5, 0.6) is 0 Å². The summed E-state index contributed by atoms with van der Waals surface area (Å²) < 4.78 is 54.0. The summed E-state index contributed by atoms with van der Waals surface area (Å²) in [5, 5.41) is 13.4. The first-order chi connectivity index (χ1) is 19.0. The van der Waals surface area contributed by atoms with Crippen LogP contribution < -0.4 is 0 Å². The topological polar surface area (TPSA) is 115 Å². The van der Waals surface area contributed by atoms with E-state index < -0.39 is 32.9 Å². The quantitative estimate of drug-likeness (QED) is 0.415. The van der Waals surface area contributed by atoms with Gasteiger partial charge in [-0.25, -0.2) is 32.2 Å². The molecule has 0 N–H and O–H groups in total. The van der Waals surface area contributed by atoms with Crippen LogP contribution >= 0.6 is 0 Å². The van der Waals surface area contributed by atoms with Gasteiger partial charge in [-0.3, -0.25) is 4.68 Å². The Morgan fingerprint density at radius 2 is 1.88 bits per heavy atom. The molecule has 2 aromatic heterocycles. The molecule has 2 aliphatic carbocycles. The number of azo groups is 1. The first-order valence-electron chi connectivity index (χ1n) is 13.0. The molecule has 12 heteroatoms. The van der Waals surface area contributed by atoms with Gasteiger partial charge in [-0.15, -0.1) is 5.10 Å². The van der Waals surface area contributed by atoms with Gasteiger partial charge < -0.3 is 0 Å². The minimum atomic E-state index is -3.16. The highest BCUT2D eigenvalue weighted by Gasteiger charge is 2.62. The first-order valence-corrected chi connectivity index (χ1v) is 15.0. The van der Waals surface area contributed by atoms with E-state index in [1.165, 1.54) is 35.5 Å². The fraction of sp³-hybridized carbons (Fsp3) is 0.429. The summed E-state index contributed by atoms with van der Waals surface area (Å²) in [7, 11) is -3.16. The fourth-order valence-corrected chi connectivity index (χ4v) is 6.99. The fourth-order valence-electron chi connectivity index (χ4n) is 6.48. The van der Waals surface area contributed by atoms with E-state index in [4.69, 9.17) is 4.98 Å². The number of fused-ring (bicyclic) bond motifs is 6. The number of hydrogen-bond donors (Lipinski definition) is 0. The minimum Gasteiger partial charge on any atom is -0.251 e. The van der Waals surface area contributed by atoms with Gasteiger partial charge in [-0.2, -0.15) is 10.2 Å². The highest BCUT2D eigenvalue weighted by atomic mass is 32.2. The van der Waals surface area contributed by atoms with Gasteiger partial charge in [0.1, 0.15) is 33.8 Å². The predicted octanol–water partition coefficient (Wildman–Crippen LogP) is 4.24. The third kappa shape index (κ3) is 4.23. The van der Waals surface area contributed by atoms with Gasteiger partial charge in [0.05, 0.1) is 34.7 Å². The van der Waals surface area contributed by atoms with E-state index in [1.54, 1.807) is 12.3 Å². The van der Waals surface area contributed by atoms with Crippen LogP contribution in [0.25, 0.3) is 17.3 Å². The van der Waals surface area contributed by atoms with Crippen molar-refractivity contribution in [3.05, 3.63) is 65.8 Å². The molecule has 40 heavy (non-hydrogen) atoms. The molecule has 4 bridgehead atoms. The maximum atomic E-state index is 14.7. The Kier molecular flexibility index (Phi) is 6.18. The highest BCUT2D eigenvalue weighted by Crippen LogP contribution is 2.63. The van der Waals surface area contributed by atoms with Crippen molar-refractivity contribution in [2.75, 3.05) is 12.0 Å². The average molecular weight is 564 g/mol. The number of sulfone groups is 1. The zero-order chi connectivity index (χ0) is 28.3. The van der Waals surface area contributed by atoms with Gasteiger partial charge in [0.25, 0.3) is 0 Å². The normalized spacial score (nSPS) is 27.7. The summed E-state index contributed by atoms with van der Waals surface area (Å²) in [5.41, 5.74) is -0.380. The molecular formula is C28H27F2N7O2S. The third-order valence-electron chi connectivity index (χ3n) is 8.59. The summed E-state index contributed by atoms with van der Waals surface area (Å²) >= 11 is 0. The van der Waals surface area contributed by atoms with E-state index in [-0.39, 0.29) is 46.6 Å². The van der Waals surface area contributed by atoms with Crippen LogP contribution in [0.3, 0.4) is 0 Å². The second-order valence-electron chi connectivity index (χ2n) is 11.1. The van der Waals surface area contributed by atoms with Crippen LogP contribution in [0.2, 0.25) is 0 Å². The summed E-state index contributed by atoms with van der Waals surface area (Å²) in [5.74, 6) is 5.55. The molecule has 1 aliphatic heterocycles. The van der Waals surface area contributed by atoms with E-state index >= 15 is 0 Å². The smallest absolute Gasteiger partial charge is 0.218 e. The lowest BCUT2D eigenvalue weighted by molar-refractivity contribution is 0.122. The van der Waals surface area contributed by atoms with Gasteiger partial charge in [-0.05, 0) is 48.4 Å². The molecular weight excluding hydrogens is 536 g/mol. The van der Waals surface area contributed by atoms with Crippen LogP contribution in [-0.2, 0) is 21.8 Å². The summed E-state index contributed by atoms with van der Waals surface area (Å²) in [6, 6.07) is 4.98. The van der Waals surface area contributed by atoms with Gasteiger partial charge in [0.2, 0.25) is 5.82 Å². The SMILES string of the molecule is CC1(C)[C@H]2CC[C@]1(c1ccnc(-c3ncn(CCS(C)(=O)=O)n3)n1)C1C#CC2/C=C(/c2c(F)cccc2F)N=N1. The van der Waals surface area contributed by atoms with E-state index in [0.29, 0.717) is 5.82 Å². The first kappa shape index (κ1) is 26.4. The van der Waals surface area contributed by atoms with Crippen molar-refractivity contribution in [1.82, 2.24) is 24.7 Å². The van der Waals surface area contributed by atoms with Crippen molar-refractivity contribution in [2.45, 2.75) is 44.7 Å². The summed E-state index contributed by atoms with van der Waals surface area (Å²) in [6.07, 6.45) is 7.59. The second kappa shape index (κ2) is 9.37. The Bertz CT molecular complexity index is 1720. The molecule has 6 rings (SSSR count). The lowest BCUT2D eigenvalue weighted by atomic mass is 9.59. The number of aromatic nitrogens is 5. The molecule has 206 valence electrons. The van der Waals surface area contributed by atoms with Gasteiger partial charge >= 0.3 is 0 Å². The average Bonchev–Trinajstić information content (AvgIpc) is 3.45.